The molecular formula is C9H13F3N2. The third-order valence-corrected chi connectivity index (χ3v) is 1.87. The van der Waals surface area contributed by atoms with Crippen LogP contribution >= 0.6 is 0 Å². The van der Waals surface area contributed by atoms with Crippen molar-refractivity contribution in [2.75, 3.05) is 0 Å². The largest absolute Gasteiger partial charge is 0.408 e. The van der Waals surface area contributed by atoms with Crippen LogP contribution in [0.4, 0.5) is 13.2 Å². The van der Waals surface area contributed by atoms with Crippen molar-refractivity contribution >= 4 is 0 Å². The standard InChI is InChI=1S/C9H13F3N2/c1-6(2)8-7(3)4-14(13-8)5-9(10,11)12/h4,6H,5H2,1-3H3. The molecule has 0 N–H and O–H groups in total. The highest BCUT2D eigenvalue weighted by atomic mass is 19.4. The minimum Gasteiger partial charge on any atom is -0.263 e. The molecule has 1 heterocycles. The number of halogens is 3. The maximum Gasteiger partial charge on any atom is 0.408 e. The van der Waals surface area contributed by atoms with Crippen LogP contribution in [0, 0.1) is 6.92 Å². The molecule has 2 nitrogen and oxygen atoms in total. The molecule has 0 saturated carbocycles. The maximum atomic E-state index is 12.0. The topological polar surface area (TPSA) is 17.8 Å². The van der Waals surface area contributed by atoms with Gasteiger partial charge in [0.15, 0.2) is 0 Å². The van der Waals surface area contributed by atoms with Gasteiger partial charge in [-0.1, -0.05) is 13.8 Å². The molecule has 1 rings (SSSR count). The van der Waals surface area contributed by atoms with E-state index >= 15 is 0 Å². The Kier molecular flexibility index (Phi) is 2.87. The van der Waals surface area contributed by atoms with Crippen molar-refractivity contribution in [2.45, 2.75) is 39.4 Å². The average Bonchev–Trinajstić information content (AvgIpc) is 2.26. The Morgan fingerprint density at radius 3 is 2.36 bits per heavy atom. The molecule has 0 radical (unpaired) electrons. The van der Waals surface area contributed by atoms with E-state index in [4.69, 9.17) is 0 Å². The van der Waals surface area contributed by atoms with E-state index in [1.807, 2.05) is 13.8 Å². The molecule has 5 heteroatoms. The van der Waals surface area contributed by atoms with Crippen LogP contribution in [0.1, 0.15) is 31.0 Å². The Bertz CT molecular complexity index is 312. The molecular weight excluding hydrogens is 193 g/mol. The van der Waals surface area contributed by atoms with Crippen LogP contribution in [0.2, 0.25) is 0 Å². The van der Waals surface area contributed by atoms with E-state index in [9.17, 15) is 13.2 Å². The monoisotopic (exact) mass is 206 g/mol. The first-order valence-corrected chi connectivity index (χ1v) is 4.40. The predicted octanol–water partition coefficient (Wildman–Crippen LogP) is 2.88. The number of nitrogens with zero attached hydrogens (tertiary/aromatic N) is 2. The van der Waals surface area contributed by atoms with Gasteiger partial charge in [-0.3, -0.25) is 4.68 Å². The lowest BCUT2D eigenvalue weighted by atomic mass is 10.1. The molecule has 0 aliphatic heterocycles. The van der Waals surface area contributed by atoms with E-state index in [1.165, 1.54) is 6.20 Å². The van der Waals surface area contributed by atoms with Gasteiger partial charge in [0.25, 0.3) is 0 Å². The quantitative estimate of drug-likeness (QED) is 0.727. The molecule has 1 aromatic rings. The van der Waals surface area contributed by atoms with Crippen molar-refractivity contribution in [3.63, 3.8) is 0 Å². The Labute approximate surface area is 80.7 Å². The molecule has 0 aliphatic carbocycles. The fraction of sp³-hybridized carbons (Fsp3) is 0.667. The molecule has 0 aliphatic rings. The Morgan fingerprint density at radius 1 is 1.43 bits per heavy atom. The van der Waals surface area contributed by atoms with Gasteiger partial charge in [0.2, 0.25) is 0 Å². The second-order valence-corrected chi connectivity index (χ2v) is 3.66. The lowest BCUT2D eigenvalue weighted by Gasteiger charge is -2.05. The van der Waals surface area contributed by atoms with Gasteiger partial charge in [-0.25, -0.2) is 0 Å². The number of hydrogen-bond acceptors (Lipinski definition) is 1. The number of aromatic nitrogens is 2. The zero-order valence-corrected chi connectivity index (χ0v) is 8.39. The predicted molar refractivity (Wildman–Crippen MR) is 47.1 cm³/mol. The van der Waals surface area contributed by atoms with Crippen LogP contribution in [0.5, 0.6) is 0 Å². The molecule has 0 atom stereocenters. The second-order valence-electron chi connectivity index (χ2n) is 3.66. The van der Waals surface area contributed by atoms with Crippen LogP contribution in [0.25, 0.3) is 0 Å². The lowest BCUT2D eigenvalue weighted by Crippen LogP contribution is -2.18. The number of rotatable bonds is 2. The van der Waals surface area contributed by atoms with Crippen molar-refractivity contribution in [2.24, 2.45) is 0 Å². The van der Waals surface area contributed by atoms with Gasteiger partial charge in [0.05, 0.1) is 5.69 Å². The maximum absolute atomic E-state index is 12.0. The Hall–Kier alpha value is -1.00. The van der Waals surface area contributed by atoms with Crippen LogP contribution < -0.4 is 0 Å². The lowest BCUT2D eigenvalue weighted by molar-refractivity contribution is -0.142. The molecule has 0 unspecified atom stereocenters. The summed E-state index contributed by atoms with van der Waals surface area (Å²) in [5.41, 5.74) is 1.54. The second kappa shape index (κ2) is 3.63. The first kappa shape index (κ1) is 11.1. The summed E-state index contributed by atoms with van der Waals surface area (Å²) >= 11 is 0. The molecule has 0 aromatic carbocycles. The van der Waals surface area contributed by atoms with E-state index in [-0.39, 0.29) is 5.92 Å². The van der Waals surface area contributed by atoms with E-state index in [2.05, 4.69) is 5.10 Å². The minimum atomic E-state index is -4.20. The summed E-state index contributed by atoms with van der Waals surface area (Å²) in [6.45, 7) is 4.58. The van der Waals surface area contributed by atoms with E-state index in [0.717, 1.165) is 15.9 Å². The fourth-order valence-corrected chi connectivity index (χ4v) is 1.37. The smallest absolute Gasteiger partial charge is 0.263 e. The van der Waals surface area contributed by atoms with Gasteiger partial charge >= 0.3 is 6.18 Å². The summed E-state index contributed by atoms with van der Waals surface area (Å²) in [5.74, 6) is 0.157. The highest BCUT2D eigenvalue weighted by molar-refractivity contribution is 5.17. The summed E-state index contributed by atoms with van der Waals surface area (Å²) in [6, 6.07) is 0. The SMILES string of the molecule is Cc1cn(CC(F)(F)F)nc1C(C)C. The van der Waals surface area contributed by atoms with E-state index in [0.29, 0.717) is 0 Å². The fourth-order valence-electron chi connectivity index (χ4n) is 1.37. The summed E-state index contributed by atoms with van der Waals surface area (Å²) in [4.78, 5) is 0. The van der Waals surface area contributed by atoms with Crippen molar-refractivity contribution < 1.29 is 13.2 Å². The van der Waals surface area contributed by atoms with Crippen molar-refractivity contribution in [3.05, 3.63) is 17.5 Å². The van der Waals surface area contributed by atoms with Crippen LogP contribution in [0.3, 0.4) is 0 Å². The highest BCUT2D eigenvalue weighted by Gasteiger charge is 2.28. The number of alkyl halides is 3. The van der Waals surface area contributed by atoms with E-state index in [1.54, 1.807) is 6.92 Å². The third-order valence-electron chi connectivity index (χ3n) is 1.87. The molecule has 0 saturated heterocycles. The Morgan fingerprint density at radius 2 is 2.00 bits per heavy atom. The van der Waals surface area contributed by atoms with Crippen molar-refractivity contribution in [1.29, 1.82) is 0 Å². The molecule has 14 heavy (non-hydrogen) atoms. The van der Waals surface area contributed by atoms with Gasteiger partial charge in [-0.2, -0.15) is 18.3 Å². The minimum absolute atomic E-state index is 0.157. The molecule has 0 amide bonds. The van der Waals surface area contributed by atoms with Gasteiger partial charge in [-0.05, 0) is 18.4 Å². The van der Waals surface area contributed by atoms with Gasteiger partial charge in [0, 0.05) is 6.20 Å². The average molecular weight is 206 g/mol. The Balaban J connectivity index is 2.86. The summed E-state index contributed by atoms with van der Waals surface area (Å²) < 4.78 is 37.0. The zero-order chi connectivity index (χ0) is 10.9. The van der Waals surface area contributed by atoms with E-state index < -0.39 is 12.7 Å². The first-order valence-electron chi connectivity index (χ1n) is 4.40. The molecule has 0 fully saturated rings. The zero-order valence-electron chi connectivity index (χ0n) is 8.39. The van der Waals surface area contributed by atoms with Crippen LogP contribution in [-0.2, 0) is 6.54 Å². The normalized spacial score (nSPS) is 12.5. The van der Waals surface area contributed by atoms with Gasteiger partial charge in [-0.15, -0.1) is 0 Å². The van der Waals surface area contributed by atoms with Crippen LogP contribution in [0.15, 0.2) is 6.20 Å². The highest BCUT2D eigenvalue weighted by Crippen LogP contribution is 2.20. The molecule has 0 spiro atoms. The molecule has 80 valence electrons. The third kappa shape index (κ3) is 2.75. The van der Waals surface area contributed by atoms with Crippen molar-refractivity contribution in [3.8, 4) is 0 Å². The summed E-state index contributed by atoms with van der Waals surface area (Å²) in [6.07, 6.45) is -2.77. The van der Waals surface area contributed by atoms with Crippen molar-refractivity contribution in [1.82, 2.24) is 9.78 Å². The molecule has 0 bridgehead atoms. The van der Waals surface area contributed by atoms with Gasteiger partial charge < -0.3 is 0 Å². The van der Waals surface area contributed by atoms with Gasteiger partial charge in [0.1, 0.15) is 6.54 Å². The van der Waals surface area contributed by atoms with Crippen LogP contribution in [-0.4, -0.2) is 16.0 Å². The summed E-state index contributed by atoms with van der Waals surface area (Å²) in [7, 11) is 0. The number of aryl methyl sites for hydroxylation is 1. The molecule has 1 aromatic heterocycles. The summed E-state index contributed by atoms with van der Waals surface area (Å²) in [5, 5.41) is 3.89. The first-order chi connectivity index (χ1) is 6.29. The number of hydrogen-bond donors (Lipinski definition) is 0.